The van der Waals surface area contributed by atoms with Gasteiger partial charge in [-0.2, -0.15) is 0 Å². The van der Waals surface area contributed by atoms with Crippen molar-refractivity contribution in [3.8, 4) is 22.3 Å². The van der Waals surface area contributed by atoms with Crippen LogP contribution < -0.4 is 5.73 Å². The number of pyridine rings is 2. The molecule has 2 aliphatic rings. The summed E-state index contributed by atoms with van der Waals surface area (Å²) in [5.74, 6) is 0.173. The fraction of sp³-hybridized carbons (Fsp3) is 0.0698. The van der Waals surface area contributed by atoms with Crippen molar-refractivity contribution in [1.29, 1.82) is 0 Å². The predicted molar refractivity (Wildman–Crippen MR) is 189 cm³/mol. The maximum Gasteiger partial charge on any atom is 0.0713 e. The van der Waals surface area contributed by atoms with Crippen LogP contribution in [0, 0.1) is 0 Å². The Morgan fingerprint density at radius 1 is 0.696 bits per heavy atom. The van der Waals surface area contributed by atoms with E-state index >= 15 is 0 Å². The van der Waals surface area contributed by atoms with Gasteiger partial charge in [-0.1, -0.05) is 122 Å². The Bertz CT molecular complexity index is 2120. The van der Waals surface area contributed by atoms with Crippen LogP contribution in [-0.4, -0.2) is 9.97 Å². The Labute approximate surface area is 270 Å². The van der Waals surface area contributed by atoms with Gasteiger partial charge < -0.3 is 5.73 Å². The smallest absolute Gasteiger partial charge is 0.0713 e. The number of benzene rings is 4. The van der Waals surface area contributed by atoms with E-state index in [1.165, 1.54) is 44.5 Å². The highest BCUT2D eigenvalue weighted by molar-refractivity contribution is 5.93. The van der Waals surface area contributed by atoms with Crippen LogP contribution in [-0.2, 0) is 5.41 Å². The van der Waals surface area contributed by atoms with E-state index in [-0.39, 0.29) is 5.92 Å². The van der Waals surface area contributed by atoms with E-state index in [0.29, 0.717) is 5.70 Å². The topological polar surface area (TPSA) is 51.8 Å². The molecule has 0 amide bonds. The zero-order chi connectivity index (χ0) is 31.1. The first kappa shape index (κ1) is 27.7. The van der Waals surface area contributed by atoms with Gasteiger partial charge in [-0.15, -0.1) is 0 Å². The van der Waals surface area contributed by atoms with Gasteiger partial charge >= 0.3 is 0 Å². The molecule has 2 N–H and O–H groups in total. The predicted octanol–water partition coefficient (Wildman–Crippen LogP) is 9.56. The Hall–Kier alpha value is -5.80. The van der Waals surface area contributed by atoms with Gasteiger partial charge in [0, 0.05) is 41.3 Å². The highest BCUT2D eigenvalue weighted by atomic mass is 14.7. The second-order valence-corrected chi connectivity index (χ2v) is 12.0. The van der Waals surface area contributed by atoms with Crippen molar-refractivity contribution in [2.24, 2.45) is 5.73 Å². The van der Waals surface area contributed by atoms with E-state index < -0.39 is 5.41 Å². The summed E-state index contributed by atoms with van der Waals surface area (Å²) in [4.78, 5) is 9.17. The summed E-state index contributed by atoms with van der Waals surface area (Å²) in [6, 6.07) is 43.4. The zero-order valence-electron chi connectivity index (χ0n) is 25.6. The van der Waals surface area contributed by atoms with E-state index in [1.54, 1.807) is 0 Å². The second kappa shape index (κ2) is 11.3. The Morgan fingerprint density at radius 2 is 1.41 bits per heavy atom. The van der Waals surface area contributed by atoms with Crippen LogP contribution in [0.4, 0.5) is 0 Å². The second-order valence-electron chi connectivity index (χ2n) is 12.0. The Morgan fingerprint density at radius 3 is 2.15 bits per heavy atom. The molecule has 3 nitrogen and oxygen atoms in total. The third-order valence-electron chi connectivity index (χ3n) is 9.57. The number of rotatable bonds is 5. The third kappa shape index (κ3) is 4.35. The van der Waals surface area contributed by atoms with Crippen LogP contribution in [0.15, 0.2) is 164 Å². The molecule has 8 rings (SSSR count). The summed E-state index contributed by atoms with van der Waals surface area (Å²) in [6.45, 7) is 2.20. The Balaban J connectivity index is 1.37. The van der Waals surface area contributed by atoms with Crippen molar-refractivity contribution < 1.29 is 0 Å². The molecular weight excluding hydrogens is 558 g/mol. The van der Waals surface area contributed by atoms with Gasteiger partial charge in [0.2, 0.25) is 0 Å². The van der Waals surface area contributed by atoms with Crippen LogP contribution in [0.25, 0.3) is 34.0 Å². The monoisotopic (exact) mass is 591 g/mol. The normalized spacial score (nSPS) is 16.9. The number of allylic oxidation sites excluding steroid dienone is 4. The third-order valence-corrected chi connectivity index (χ3v) is 9.57. The Kier molecular flexibility index (Phi) is 6.80. The lowest BCUT2D eigenvalue weighted by Crippen LogP contribution is -2.28. The minimum Gasteiger partial charge on any atom is -0.398 e. The fourth-order valence-electron chi connectivity index (χ4n) is 7.38. The lowest BCUT2D eigenvalue weighted by molar-refractivity contribution is 0.768. The lowest BCUT2D eigenvalue weighted by atomic mass is 9.67. The van der Waals surface area contributed by atoms with Crippen LogP contribution in [0.2, 0.25) is 0 Å². The van der Waals surface area contributed by atoms with Gasteiger partial charge in [0.1, 0.15) is 0 Å². The maximum absolute atomic E-state index is 7.05. The van der Waals surface area contributed by atoms with E-state index in [2.05, 4.69) is 144 Å². The molecule has 6 aromatic rings. The van der Waals surface area contributed by atoms with Crippen LogP contribution >= 0.6 is 0 Å². The molecule has 2 aliphatic carbocycles. The van der Waals surface area contributed by atoms with Crippen LogP contribution in [0.3, 0.4) is 0 Å². The van der Waals surface area contributed by atoms with E-state index in [0.717, 1.165) is 22.4 Å². The van der Waals surface area contributed by atoms with Crippen molar-refractivity contribution in [2.75, 3.05) is 0 Å². The average molecular weight is 592 g/mol. The zero-order valence-corrected chi connectivity index (χ0v) is 25.6. The molecule has 2 aromatic heterocycles. The largest absolute Gasteiger partial charge is 0.398 e. The van der Waals surface area contributed by atoms with Gasteiger partial charge in [0.25, 0.3) is 0 Å². The summed E-state index contributed by atoms with van der Waals surface area (Å²) in [7, 11) is 0. The van der Waals surface area contributed by atoms with Gasteiger partial charge in [-0.25, -0.2) is 0 Å². The molecule has 1 unspecified atom stereocenters. The summed E-state index contributed by atoms with van der Waals surface area (Å²) in [5, 5.41) is 0. The first-order chi connectivity index (χ1) is 22.7. The van der Waals surface area contributed by atoms with Crippen molar-refractivity contribution in [3.05, 3.63) is 203 Å². The molecule has 0 bridgehead atoms. The molecule has 0 fully saturated rings. The summed E-state index contributed by atoms with van der Waals surface area (Å²) >= 11 is 0. The molecule has 1 atom stereocenters. The van der Waals surface area contributed by atoms with E-state index in [1.807, 2.05) is 36.8 Å². The number of hydrogen-bond acceptors (Lipinski definition) is 3. The van der Waals surface area contributed by atoms with Crippen molar-refractivity contribution in [3.63, 3.8) is 0 Å². The molecule has 0 saturated heterocycles. The average Bonchev–Trinajstić information content (AvgIpc) is 3.42. The van der Waals surface area contributed by atoms with Gasteiger partial charge in [0.15, 0.2) is 0 Å². The minimum atomic E-state index is -0.493. The summed E-state index contributed by atoms with van der Waals surface area (Å²) in [5.41, 5.74) is 21.2. The molecule has 4 aromatic carbocycles. The molecule has 2 heterocycles. The number of aromatic nitrogens is 2. The fourth-order valence-corrected chi connectivity index (χ4v) is 7.38. The molecule has 3 heteroatoms. The molecule has 0 radical (unpaired) electrons. The standard InChI is InChI=1S/C43H33N3/c1-29-30(20-21-31-12-11-25-46-42(29)31)22-23-41(44)38-26-37-35-18-8-9-19-39(35)43(33-14-4-2-5-15-33,34-16-6-3-7-17-34)40(37)27-36(38)32-13-10-24-45-28-32/h2-29H,44H2,1H3/b30-22-,41-23-. The maximum atomic E-state index is 7.05. The van der Waals surface area contributed by atoms with Crippen molar-refractivity contribution in [2.45, 2.75) is 18.3 Å². The van der Waals surface area contributed by atoms with Gasteiger partial charge in [0.05, 0.1) is 11.1 Å². The molecule has 220 valence electrons. The molecule has 0 aliphatic heterocycles. The van der Waals surface area contributed by atoms with Gasteiger partial charge in [-0.3, -0.25) is 9.97 Å². The molecular formula is C43H33N3. The first-order valence-corrected chi connectivity index (χ1v) is 15.8. The quantitative estimate of drug-likeness (QED) is 0.217. The van der Waals surface area contributed by atoms with Crippen molar-refractivity contribution >= 4 is 11.8 Å². The SMILES string of the molecule is CC1/C(=C\C=C(/N)c2cc3c(cc2-c2cccnc2)C(c2ccccc2)(c2ccccc2)c2ccccc2-3)C=Cc2cccnc21. The first-order valence-electron chi connectivity index (χ1n) is 15.8. The van der Waals surface area contributed by atoms with Gasteiger partial charge in [-0.05, 0) is 80.4 Å². The summed E-state index contributed by atoms with van der Waals surface area (Å²) < 4.78 is 0. The summed E-state index contributed by atoms with van der Waals surface area (Å²) in [6.07, 6.45) is 14.1. The highest BCUT2D eigenvalue weighted by Gasteiger charge is 2.46. The van der Waals surface area contributed by atoms with Crippen LogP contribution in [0.1, 0.15) is 51.9 Å². The lowest BCUT2D eigenvalue weighted by Gasteiger charge is -2.34. The number of fused-ring (bicyclic) bond motifs is 4. The van der Waals surface area contributed by atoms with Crippen LogP contribution in [0.5, 0.6) is 0 Å². The number of hydrogen-bond donors (Lipinski definition) is 1. The van der Waals surface area contributed by atoms with Crippen molar-refractivity contribution in [1.82, 2.24) is 9.97 Å². The minimum absolute atomic E-state index is 0.173. The number of nitrogens with zero attached hydrogens (tertiary/aromatic N) is 2. The van der Waals surface area contributed by atoms with E-state index in [9.17, 15) is 0 Å². The molecule has 0 spiro atoms. The molecule has 46 heavy (non-hydrogen) atoms. The number of nitrogens with two attached hydrogens (primary N) is 1. The molecule has 0 saturated carbocycles. The highest BCUT2D eigenvalue weighted by Crippen LogP contribution is 2.57. The van der Waals surface area contributed by atoms with E-state index in [4.69, 9.17) is 5.73 Å².